The largest absolute Gasteiger partial charge is 0.480 e. The SMILES string of the molecule is CCC.CCc1ncccc1Nc1ncc(C)n(CC(=O)O)c1=O. The lowest BCUT2D eigenvalue weighted by Crippen LogP contribution is -2.28. The van der Waals surface area contributed by atoms with Crippen LogP contribution in [0.4, 0.5) is 11.5 Å². The van der Waals surface area contributed by atoms with E-state index in [0.29, 0.717) is 17.8 Å². The van der Waals surface area contributed by atoms with Crippen LogP contribution < -0.4 is 10.9 Å². The number of pyridine rings is 1. The maximum atomic E-state index is 12.3. The molecule has 2 rings (SSSR count). The van der Waals surface area contributed by atoms with Gasteiger partial charge in [0, 0.05) is 18.1 Å². The summed E-state index contributed by atoms with van der Waals surface area (Å²) >= 11 is 0. The fraction of sp³-hybridized carbons (Fsp3) is 0.412. The molecule has 2 aromatic heterocycles. The zero-order valence-electron chi connectivity index (χ0n) is 14.5. The van der Waals surface area contributed by atoms with Gasteiger partial charge >= 0.3 is 5.97 Å². The third-order valence-electron chi connectivity index (χ3n) is 3.03. The Labute approximate surface area is 141 Å². The van der Waals surface area contributed by atoms with E-state index in [4.69, 9.17) is 5.11 Å². The molecule has 0 spiro atoms. The van der Waals surface area contributed by atoms with E-state index in [-0.39, 0.29) is 5.82 Å². The molecule has 0 aliphatic carbocycles. The van der Waals surface area contributed by atoms with Gasteiger partial charge in [0.2, 0.25) is 0 Å². The Hall–Kier alpha value is -2.70. The summed E-state index contributed by atoms with van der Waals surface area (Å²) in [6.45, 7) is 7.46. The van der Waals surface area contributed by atoms with Gasteiger partial charge in [-0.2, -0.15) is 0 Å². The maximum Gasteiger partial charge on any atom is 0.323 e. The number of anilines is 2. The van der Waals surface area contributed by atoms with Crippen molar-refractivity contribution in [3.05, 3.63) is 46.3 Å². The average Bonchev–Trinajstić information content (AvgIpc) is 2.55. The van der Waals surface area contributed by atoms with Crippen LogP contribution in [0.15, 0.2) is 29.3 Å². The van der Waals surface area contributed by atoms with Gasteiger partial charge < -0.3 is 10.4 Å². The lowest BCUT2D eigenvalue weighted by Gasteiger charge is -2.12. The number of carbonyl (C=O) groups is 1. The molecule has 0 radical (unpaired) electrons. The molecule has 0 aliphatic heterocycles. The summed E-state index contributed by atoms with van der Waals surface area (Å²) in [7, 11) is 0. The Morgan fingerprint density at radius 2 is 1.96 bits per heavy atom. The summed E-state index contributed by atoms with van der Waals surface area (Å²) in [5.74, 6) is -0.988. The van der Waals surface area contributed by atoms with Crippen molar-refractivity contribution in [1.82, 2.24) is 14.5 Å². The highest BCUT2D eigenvalue weighted by atomic mass is 16.4. The van der Waals surface area contributed by atoms with Gasteiger partial charge in [0.15, 0.2) is 5.82 Å². The summed E-state index contributed by atoms with van der Waals surface area (Å²) in [6.07, 6.45) is 5.10. The zero-order chi connectivity index (χ0) is 18.1. The van der Waals surface area contributed by atoms with Crippen LogP contribution in [0.5, 0.6) is 0 Å². The van der Waals surface area contributed by atoms with Crippen LogP contribution in [-0.4, -0.2) is 25.6 Å². The molecule has 0 aromatic carbocycles. The molecule has 7 heteroatoms. The van der Waals surface area contributed by atoms with Crippen LogP contribution in [0.2, 0.25) is 0 Å². The minimum Gasteiger partial charge on any atom is -0.480 e. The second-order valence-electron chi connectivity index (χ2n) is 5.22. The molecule has 0 fully saturated rings. The fourth-order valence-electron chi connectivity index (χ4n) is 1.95. The van der Waals surface area contributed by atoms with Crippen molar-refractivity contribution in [1.29, 1.82) is 0 Å². The number of hydrogen-bond acceptors (Lipinski definition) is 5. The van der Waals surface area contributed by atoms with Gasteiger partial charge in [0.1, 0.15) is 6.54 Å². The Morgan fingerprint density at radius 3 is 2.54 bits per heavy atom. The first-order valence-corrected chi connectivity index (χ1v) is 7.93. The van der Waals surface area contributed by atoms with E-state index in [1.54, 1.807) is 25.3 Å². The first-order valence-electron chi connectivity index (χ1n) is 7.93. The second kappa shape index (κ2) is 9.44. The maximum absolute atomic E-state index is 12.3. The number of hydrogen-bond donors (Lipinski definition) is 2. The fourth-order valence-corrected chi connectivity index (χ4v) is 1.95. The minimum atomic E-state index is -1.08. The molecule has 24 heavy (non-hydrogen) atoms. The monoisotopic (exact) mass is 332 g/mol. The van der Waals surface area contributed by atoms with Gasteiger partial charge in [-0.15, -0.1) is 0 Å². The van der Waals surface area contributed by atoms with Gasteiger partial charge in [0.05, 0.1) is 11.4 Å². The third kappa shape index (κ3) is 5.19. The van der Waals surface area contributed by atoms with Crippen molar-refractivity contribution in [2.45, 2.75) is 47.1 Å². The summed E-state index contributed by atoms with van der Waals surface area (Å²) in [6, 6.07) is 3.56. The molecular formula is C17H24N4O3. The van der Waals surface area contributed by atoms with Gasteiger partial charge in [-0.25, -0.2) is 4.98 Å². The Morgan fingerprint density at radius 1 is 1.29 bits per heavy atom. The van der Waals surface area contributed by atoms with Crippen LogP contribution in [0, 0.1) is 6.92 Å². The van der Waals surface area contributed by atoms with Crippen LogP contribution in [0.25, 0.3) is 0 Å². The zero-order valence-corrected chi connectivity index (χ0v) is 14.5. The van der Waals surface area contributed by atoms with Crippen LogP contribution in [-0.2, 0) is 17.8 Å². The van der Waals surface area contributed by atoms with Crippen LogP contribution >= 0.6 is 0 Å². The smallest absolute Gasteiger partial charge is 0.323 e. The van der Waals surface area contributed by atoms with Gasteiger partial charge in [0.25, 0.3) is 5.56 Å². The lowest BCUT2D eigenvalue weighted by atomic mass is 10.2. The van der Waals surface area contributed by atoms with E-state index in [0.717, 1.165) is 5.69 Å². The Bertz CT molecular complexity index is 741. The number of aryl methyl sites for hydroxylation is 2. The van der Waals surface area contributed by atoms with Crippen molar-refractivity contribution < 1.29 is 9.90 Å². The van der Waals surface area contributed by atoms with Gasteiger partial charge in [-0.3, -0.25) is 19.1 Å². The first-order chi connectivity index (χ1) is 11.4. The summed E-state index contributed by atoms with van der Waals surface area (Å²) in [4.78, 5) is 31.4. The highest BCUT2D eigenvalue weighted by molar-refractivity contribution is 5.67. The predicted octanol–water partition coefficient (Wildman–Crippen LogP) is 2.75. The normalized spacial score (nSPS) is 9.83. The van der Waals surface area contributed by atoms with Crippen LogP contribution in [0.1, 0.15) is 38.6 Å². The number of carboxylic acid groups (broad SMARTS) is 1. The minimum absolute atomic E-state index is 0.0875. The predicted molar refractivity (Wildman–Crippen MR) is 93.7 cm³/mol. The third-order valence-corrected chi connectivity index (χ3v) is 3.03. The van der Waals surface area contributed by atoms with Crippen molar-refractivity contribution in [2.24, 2.45) is 0 Å². The van der Waals surface area contributed by atoms with E-state index in [1.165, 1.54) is 17.2 Å². The summed E-state index contributed by atoms with van der Waals surface area (Å²) in [5.41, 5.74) is 1.53. The molecule has 0 saturated heterocycles. The standard InChI is InChI=1S/C14H16N4O3.C3H8/c1-3-10-11(5-4-6-15-10)17-13-14(21)18(8-12(19)20)9(2)7-16-13;1-3-2/h4-7H,3,8H2,1-2H3,(H,16,17)(H,19,20);3H2,1-2H3. The average molecular weight is 332 g/mol. The number of aliphatic carboxylic acids is 1. The van der Waals surface area contributed by atoms with Crippen LogP contribution in [0.3, 0.4) is 0 Å². The molecule has 0 atom stereocenters. The molecule has 2 heterocycles. The van der Waals surface area contributed by atoms with E-state index in [1.807, 2.05) is 6.92 Å². The highest BCUT2D eigenvalue weighted by Gasteiger charge is 2.12. The molecule has 2 aromatic rings. The number of nitrogens with one attached hydrogen (secondary N) is 1. The van der Waals surface area contributed by atoms with Crippen molar-refractivity contribution in [2.75, 3.05) is 5.32 Å². The topological polar surface area (TPSA) is 97.1 Å². The number of rotatable bonds is 5. The molecular weight excluding hydrogens is 308 g/mol. The van der Waals surface area contributed by atoms with Gasteiger partial charge in [-0.1, -0.05) is 27.2 Å². The quantitative estimate of drug-likeness (QED) is 0.874. The molecule has 0 aliphatic rings. The van der Waals surface area contributed by atoms with Crippen molar-refractivity contribution in [3.63, 3.8) is 0 Å². The number of nitrogens with zero attached hydrogens (tertiary/aromatic N) is 3. The molecule has 0 amide bonds. The first kappa shape index (κ1) is 19.3. The van der Waals surface area contributed by atoms with E-state index in [9.17, 15) is 9.59 Å². The highest BCUT2D eigenvalue weighted by Crippen LogP contribution is 2.16. The summed E-state index contributed by atoms with van der Waals surface area (Å²) in [5, 5.41) is 11.8. The molecule has 0 bridgehead atoms. The molecule has 0 saturated carbocycles. The van der Waals surface area contributed by atoms with E-state index in [2.05, 4.69) is 29.1 Å². The molecule has 7 nitrogen and oxygen atoms in total. The number of carboxylic acids is 1. The lowest BCUT2D eigenvalue weighted by molar-refractivity contribution is -0.137. The Kier molecular flexibility index (Phi) is 7.61. The van der Waals surface area contributed by atoms with E-state index < -0.39 is 18.1 Å². The summed E-state index contributed by atoms with van der Waals surface area (Å²) < 4.78 is 1.17. The molecule has 0 unspecified atom stereocenters. The number of aromatic nitrogens is 3. The van der Waals surface area contributed by atoms with Gasteiger partial charge in [-0.05, 0) is 25.5 Å². The molecule has 130 valence electrons. The van der Waals surface area contributed by atoms with E-state index >= 15 is 0 Å². The molecule has 2 N–H and O–H groups in total. The second-order valence-corrected chi connectivity index (χ2v) is 5.22. The van der Waals surface area contributed by atoms with Crippen molar-refractivity contribution >= 4 is 17.5 Å². The van der Waals surface area contributed by atoms with Crippen molar-refractivity contribution in [3.8, 4) is 0 Å². The Balaban J connectivity index is 0.000000891.